The third-order valence-electron chi connectivity index (χ3n) is 3.22. The van der Waals surface area contributed by atoms with Crippen LogP contribution in [0, 0.1) is 20.8 Å². The Morgan fingerprint density at radius 3 is 2.41 bits per heavy atom. The molecule has 0 saturated heterocycles. The molecule has 0 radical (unpaired) electrons. The van der Waals surface area contributed by atoms with Gasteiger partial charge in [0.15, 0.2) is 0 Å². The van der Waals surface area contributed by atoms with Crippen LogP contribution in [-0.2, 0) is 0 Å². The Bertz CT molecular complexity index is 534. The molecule has 2 rings (SSSR count). The second kappa shape index (κ2) is 4.68. The minimum Gasteiger partial charge on any atom is -0.384 e. The quantitative estimate of drug-likeness (QED) is 0.855. The van der Waals surface area contributed by atoms with Crippen LogP contribution in [-0.4, -0.2) is 10.1 Å². The molecular formula is C15H17NO. The number of nitrogens with zero attached hydrogens (tertiary/aromatic N) is 1. The number of aliphatic hydroxyl groups is 1. The van der Waals surface area contributed by atoms with E-state index in [1.165, 1.54) is 11.1 Å². The number of pyridine rings is 1. The Kier molecular flexibility index (Phi) is 3.25. The van der Waals surface area contributed by atoms with Gasteiger partial charge in [-0.1, -0.05) is 18.2 Å². The van der Waals surface area contributed by atoms with E-state index in [1.807, 2.05) is 31.2 Å². The zero-order valence-corrected chi connectivity index (χ0v) is 10.4. The summed E-state index contributed by atoms with van der Waals surface area (Å²) in [6.45, 7) is 6.11. The SMILES string of the molecule is Cc1ccc(C(O)c2cnccc2C)cc1C. The lowest BCUT2D eigenvalue weighted by Crippen LogP contribution is -2.03. The van der Waals surface area contributed by atoms with Crippen LogP contribution >= 0.6 is 0 Å². The van der Waals surface area contributed by atoms with Gasteiger partial charge in [0.25, 0.3) is 0 Å². The molecule has 2 heteroatoms. The summed E-state index contributed by atoms with van der Waals surface area (Å²) in [5.41, 5.74) is 5.29. The Balaban J connectivity index is 2.40. The topological polar surface area (TPSA) is 33.1 Å². The van der Waals surface area contributed by atoms with E-state index in [1.54, 1.807) is 12.4 Å². The highest BCUT2D eigenvalue weighted by atomic mass is 16.3. The number of rotatable bonds is 2. The van der Waals surface area contributed by atoms with Gasteiger partial charge in [0.1, 0.15) is 6.10 Å². The first-order chi connectivity index (χ1) is 8.09. The summed E-state index contributed by atoms with van der Waals surface area (Å²) in [5.74, 6) is 0. The second-order valence-corrected chi connectivity index (χ2v) is 4.48. The first-order valence-corrected chi connectivity index (χ1v) is 5.75. The van der Waals surface area contributed by atoms with E-state index >= 15 is 0 Å². The number of hydrogen-bond donors (Lipinski definition) is 1. The predicted molar refractivity (Wildman–Crippen MR) is 69.0 cm³/mol. The van der Waals surface area contributed by atoms with Crippen LogP contribution in [0.25, 0.3) is 0 Å². The summed E-state index contributed by atoms with van der Waals surface area (Å²) in [6.07, 6.45) is 2.88. The first-order valence-electron chi connectivity index (χ1n) is 5.75. The zero-order valence-electron chi connectivity index (χ0n) is 10.4. The van der Waals surface area contributed by atoms with E-state index < -0.39 is 6.10 Å². The molecule has 1 aromatic heterocycles. The number of aromatic nitrogens is 1. The molecule has 2 aromatic rings. The lowest BCUT2D eigenvalue weighted by molar-refractivity contribution is 0.219. The molecule has 1 heterocycles. The zero-order chi connectivity index (χ0) is 12.4. The van der Waals surface area contributed by atoms with Gasteiger partial charge in [0, 0.05) is 18.0 Å². The van der Waals surface area contributed by atoms with Gasteiger partial charge >= 0.3 is 0 Å². The maximum Gasteiger partial charge on any atom is 0.106 e. The fourth-order valence-corrected chi connectivity index (χ4v) is 1.88. The molecule has 0 aliphatic carbocycles. The summed E-state index contributed by atoms with van der Waals surface area (Å²) >= 11 is 0. The molecule has 0 aliphatic rings. The molecule has 88 valence electrons. The third-order valence-corrected chi connectivity index (χ3v) is 3.22. The summed E-state index contributed by atoms with van der Waals surface area (Å²) in [5, 5.41) is 10.3. The van der Waals surface area contributed by atoms with Gasteiger partial charge in [-0.2, -0.15) is 0 Å². The summed E-state index contributed by atoms with van der Waals surface area (Å²) in [7, 11) is 0. The average molecular weight is 227 g/mol. The predicted octanol–water partition coefficient (Wildman–Crippen LogP) is 3.09. The van der Waals surface area contributed by atoms with Gasteiger partial charge in [0.05, 0.1) is 0 Å². The summed E-state index contributed by atoms with van der Waals surface area (Å²) < 4.78 is 0. The van der Waals surface area contributed by atoms with E-state index in [-0.39, 0.29) is 0 Å². The molecule has 0 amide bonds. The third kappa shape index (κ3) is 2.37. The smallest absolute Gasteiger partial charge is 0.106 e. The van der Waals surface area contributed by atoms with Crippen LogP contribution in [0.4, 0.5) is 0 Å². The van der Waals surface area contributed by atoms with Crippen LogP contribution in [0.5, 0.6) is 0 Å². The van der Waals surface area contributed by atoms with Gasteiger partial charge in [-0.25, -0.2) is 0 Å². The number of aryl methyl sites for hydroxylation is 3. The van der Waals surface area contributed by atoms with Crippen molar-refractivity contribution >= 4 is 0 Å². The minimum atomic E-state index is -0.594. The molecule has 1 atom stereocenters. The molecule has 0 bridgehead atoms. The van der Waals surface area contributed by atoms with Crippen molar-refractivity contribution in [1.82, 2.24) is 4.98 Å². The second-order valence-electron chi connectivity index (χ2n) is 4.48. The van der Waals surface area contributed by atoms with Crippen LogP contribution in [0.15, 0.2) is 36.7 Å². The van der Waals surface area contributed by atoms with E-state index in [9.17, 15) is 5.11 Å². The van der Waals surface area contributed by atoms with E-state index in [0.29, 0.717) is 0 Å². The molecule has 1 unspecified atom stereocenters. The van der Waals surface area contributed by atoms with Crippen molar-refractivity contribution in [3.05, 3.63) is 64.5 Å². The molecule has 0 spiro atoms. The molecule has 0 fully saturated rings. The van der Waals surface area contributed by atoms with Crippen LogP contribution in [0.2, 0.25) is 0 Å². The van der Waals surface area contributed by atoms with Crippen molar-refractivity contribution in [3.63, 3.8) is 0 Å². The molecule has 2 nitrogen and oxygen atoms in total. The lowest BCUT2D eigenvalue weighted by atomic mass is 9.96. The van der Waals surface area contributed by atoms with E-state index in [4.69, 9.17) is 0 Å². The Hall–Kier alpha value is -1.67. The first kappa shape index (κ1) is 11.8. The fraction of sp³-hybridized carbons (Fsp3) is 0.267. The molecule has 1 N–H and O–H groups in total. The van der Waals surface area contributed by atoms with Gasteiger partial charge < -0.3 is 5.11 Å². The molecule has 17 heavy (non-hydrogen) atoms. The van der Waals surface area contributed by atoms with Gasteiger partial charge in [-0.3, -0.25) is 4.98 Å². The maximum absolute atomic E-state index is 10.3. The molecule has 0 saturated carbocycles. The van der Waals surface area contributed by atoms with Crippen LogP contribution in [0.3, 0.4) is 0 Å². The average Bonchev–Trinajstić information content (AvgIpc) is 2.32. The minimum absolute atomic E-state index is 0.594. The van der Waals surface area contributed by atoms with Gasteiger partial charge in [0.2, 0.25) is 0 Å². The van der Waals surface area contributed by atoms with Crippen molar-refractivity contribution in [3.8, 4) is 0 Å². The van der Waals surface area contributed by atoms with Gasteiger partial charge in [-0.05, 0) is 49.1 Å². The largest absolute Gasteiger partial charge is 0.384 e. The maximum atomic E-state index is 10.3. The molecule has 0 aliphatic heterocycles. The highest BCUT2D eigenvalue weighted by molar-refractivity contribution is 5.37. The summed E-state index contributed by atoms with van der Waals surface area (Å²) in [6, 6.07) is 7.96. The Morgan fingerprint density at radius 1 is 1.00 bits per heavy atom. The van der Waals surface area contributed by atoms with E-state index in [0.717, 1.165) is 16.7 Å². The van der Waals surface area contributed by atoms with Crippen molar-refractivity contribution in [2.24, 2.45) is 0 Å². The fourth-order valence-electron chi connectivity index (χ4n) is 1.88. The monoisotopic (exact) mass is 227 g/mol. The number of benzene rings is 1. The Labute approximate surface area is 102 Å². The van der Waals surface area contributed by atoms with E-state index in [2.05, 4.69) is 18.8 Å². The van der Waals surface area contributed by atoms with Crippen molar-refractivity contribution in [2.75, 3.05) is 0 Å². The molecular weight excluding hydrogens is 210 g/mol. The van der Waals surface area contributed by atoms with Crippen molar-refractivity contribution in [2.45, 2.75) is 26.9 Å². The van der Waals surface area contributed by atoms with Gasteiger partial charge in [-0.15, -0.1) is 0 Å². The highest BCUT2D eigenvalue weighted by Gasteiger charge is 2.13. The van der Waals surface area contributed by atoms with Crippen molar-refractivity contribution in [1.29, 1.82) is 0 Å². The van der Waals surface area contributed by atoms with Crippen LogP contribution in [0.1, 0.15) is 33.9 Å². The number of hydrogen-bond acceptors (Lipinski definition) is 2. The van der Waals surface area contributed by atoms with Crippen molar-refractivity contribution < 1.29 is 5.11 Å². The Morgan fingerprint density at radius 2 is 1.76 bits per heavy atom. The molecule has 1 aromatic carbocycles. The summed E-state index contributed by atoms with van der Waals surface area (Å²) in [4.78, 5) is 4.07. The van der Waals surface area contributed by atoms with Crippen LogP contribution < -0.4 is 0 Å². The lowest BCUT2D eigenvalue weighted by Gasteiger charge is -2.14. The highest BCUT2D eigenvalue weighted by Crippen LogP contribution is 2.25. The normalized spacial score (nSPS) is 12.5. The number of aliphatic hydroxyl groups excluding tert-OH is 1. The standard InChI is InChI=1S/C15H17NO/c1-10-4-5-13(8-12(10)3)15(17)14-9-16-7-6-11(14)2/h4-9,15,17H,1-3H3.